The van der Waals surface area contributed by atoms with Gasteiger partial charge in [0.15, 0.2) is 0 Å². The Morgan fingerprint density at radius 2 is 2.44 bits per heavy atom. The van der Waals surface area contributed by atoms with E-state index in [0.717, 1.165) is 26.1 Å². The summed E-state index contributed by atoms with van der Waals surface area (Å²) in [6.45, 7) is 2.84. The number of piperidine rings is 1. The summed E-state index contributed by atoms with van der Waals surface area (Å²) in [5, 5.41) is 10.1. The van der Waals surface area contributed by atoms with E-state index in [4.69, 9.17) is 0 Å². The molecule has 1 amide bonds. The summed E-state index contributed by atoms with van der Waals surface area (Å²) in [5.41, 5.74) is 0.601. The fraction of sp³-hybridized carbons (Fsp3) is 0.636. The molecule has 0 spiro atoms. The number of aromatic nitrogens is 2. The Balaban J connectivity index is 1.70. The van der Waals surface area contributed by atoms with E-state index < -0.39 is 0 Å². The van der Waals surface area contributed by atoms with Gasteiger partial charge in [0.2, 0.25) is 0 Å². The monoisotopic (exact) mass is 220 g/mol. The lowest BCUT2D eigenvalue weighted by Gasteiger charge is -2.34. The molecule has 1 aromatic heterocycles. The van der Waals surface area contributed by atoms with E-state index in [0.29, 0.717) is 17.7 Å². The maximum absolute atomic E-state index is 12.1. The van der Waals surface area contributed by atoms with Crippen molar-refractivity contribution in [1.82, 2.24) is 20.4 Å². The average Bonchev–Trinajstić information content (AvgIpc) is 2.98. The zero-order valence-corrected chi connectivity index (χ0v) is 9.15. The van der Waals surface area contributed by atoms with Gasteiger partial charge in [0.1, 0.15) is 5.69 Å². The van der Waals surface area contributed by atoms with Crippen molar-refractivity contribution in [3.8, 4) is 0 Å². The number of rotatable bonds is 1. The third kappa shape index (κ3) is 1.61. The number of H-pyrrole nitrogens is 1. The van der Waals surface area contributed by atoms with Gasteiger partial charge in [0.25, 0.3) is 5.91 Å². The van der Waals surface area contributed by atoms with Crippen molar-refractivity contribution >= 4 is 5.91 Å². The van der Waals surface area contributed by atoms with Crippen LogP contribution in [0.3, 0.4) is 0 Å². The summed E-state index contributed by atoms with van der Waals surface area (Å²) in [4.78, 5) is 14.0. The Hall–Kier alpha value is -1.36. The van der Waals surface area contributed by atoms with Crippen LogP contribution in [-0.2, 0) is 0 Å². The maximum Gasteiger partial charge on any atom is 0.271 e. The molecule has 2 unspecified atom stereocenters. The Kier molecular flexibility index (Phi) is 2.40. The van der Waals surface area contributed by atoms with E-state index in [1.807, 2.05) is 4.90 Å². The summed E-state index contributed by atoms with van der Waals surface area (Å²) in [6, 6.07) is 2.37. The largest absolute Gasteiger partial charge is 0.337 e. The zero-order chi connectivity index (χ0) is 11.0. The van der Waals surface area contributed by atoms with Crippen LogP contribution in [0.15, 0.2) is 12.3 Å². The lowest BCUT2D eigenvalue weighted by atomic mass is 9.93. The third-order valence-electron chi connectivity index (χ3n) is 3.67. The van der Waals surface area contributed by atoms with Crippen molar-refractivity contribution in [2.24, 2.45) is 5.92 Å². The van der Waals surface area contributed by atoms with Crippen molar-refractivity contribution in [2.75, 3.05) is 19.6 Å². The Morgan fingerprint density at radius 3 is 3.25 bits per heavy atom. The summed E-state index contributed by atoms with van der Waals surface area (Å²) in [6.07, 6.45) is 3.89. The van der Waals surface area contributed by atoms with Crippen LogP contribution in [0.4, 0.5) is 0 Å². The first kappa shape index (κ1) is 9.84. The second-order valence-electron chi connectivity index (χ2n) is 4.62. The quantitative estimate of drug-likeness (QED) is 0.712. The minimum atomic E-state index is 0.0860. The first-order valence-corrected chi connectivity index (χ1v) is 5.86. The van der Waals surface area contributed by atoms with Crippen molar-refractivity contribution in [1.29, 1.82) is 0 Å². The van der Waals surface area contributed by atoms with Gasteiger partial charge in [-0.25, -0.2) is 0 Å². The third-order valence-corrected chi connectivity index (χ3v) is 3.67. The number of carbonyl (C=O) groups is 1. The molecular weight excluding hydrogens is 204 g/mol. The lowest BCUT2D eigenvalue weighted by molar-refractivity contribution is 0.0656. The number of likely N-dealkylation sites (tertiary alicyclic amines) is 1. The molecule has 2 saturated heterocycles. The lowest BCUT2D eigenvalue weighted by Crippen LogP contribution is -2.46. The number of hydrogen-bond acceptors (Lipinski definition) is 3. The zero-order valence-electron chi connectivity index (χ0n) is 9.15. The van der Waals surface area contributed by atoms with E-state index in [1.165, 1.54) is 6.42 Å². The van der Waals surface area contributed by atoms with Crippen LogP contribution in [0, 0.1) is 5.92 Å². The van der Waals surface area contributed by atoms with Crippen LogP contribution in [0.1, 0.15) is 23.3 Å². The van der Waals surface area contributed by atoms with E-state index in [1.54, 1.807) is 12.3 Å². The van der Waals surface area contributed by atoms with Gasteiger partial charge in [-0.3, -0.25) is 9.89 Å². The minimum absolute atomic E-state index is 0.0860. The summed E-state index contributed by atoms with van der Waals surface area (Å²) in [5.74, 6) is 0.725. The maximum atomic E-state index is 12.1. The summed E-state index contributed by atoms with van der Waals surface area (Å²) < 4.78 is 0. The number of carbonyl (C=O) groups excluding carboxylic acids is 1. The molecule has 0 aliphatic carbocycles. The number of aromatic amines is 1. The van der Waals surface area contributed by atoms with Gasteiger partial charge in [0, 0.05) is 25.3 Å². The molecule has 0 bridgehead atoms. The fourth-order valence-corrected chi connectivity index (χ4v) is 2.78. The molecule has 3 rings (SSSR count). The molecule has 16 heavy (non-hydrogen) atoms. The van der Waals surface area contributed by atoms with E-state index >= 15 is 0 Å². The Labute approximate surface area is 94.2 Å². The number of fused-ring (bicyclic) bond motifs is 1. The SMILES string of the molecule is O=C(c1ccn[nH]1)N1CCC2NCCC2C1. The van der Waals surface area contributed by atoms with Crippen LogP contribution in [-0.4, -0.2) is 46.7 Å². The fourth-order valence-electron chi connectivity index (χ4n) is 2.78. The number of hydrogen-bond donors (Lipinski definition) is 2. The predicted molar refractivity (Wildman–Crippen MR) is 59.0 cm³/mol. The number of amides is 1. The van der Waals surface area contributed by atoms with Crippen LogP contribution < -0.4 is 5.32 Å². The van der Waals surface area contributed by atoms with Gasteiger partial charge in [-0.1, -0.05) is 0 Å². The molecule has 2 N–H and O–H groups in total. The van der Waals surface area contributed by atoms with Crippen LogP contribution >= 0.6 is 0 Å². The molecule has 2 fully saturated rings. The molecule has 0 radical (unpaired) electrons. The average molecular weight is 220 g/mol. The second kappa shape index (κ2) is 3.90. The normalized spacial score (nSPS) is 29.1. The van der Waals surface area contributed by atoms with Gasteiger partial charge in [-0.15, -0.1) is 0 Å². The topological polar surface area (TPSA) is 61.0 Å². The Morgan fingerprint density at radius 1 is 1.50 bits per heavy atom. The van der Waals surface area contributed by atoms with Gasteiger partial charge < -0.3 is 10.2 Å². The molecule has 0 saturated carbocycles. The van der Waals surface area contributed by atoms with Crippen molar-refractivity contribution in [2.45, 2.75) is 18.9 Å². The van der Waals surface area contributed by atoms with E-state index in [2.05, 4.69) is 15.5 Å². The van der Waals surface area contributed by atoms with Gasteiger partial charge >= 0.3 is 0 Å². The highest BCUT2D eigenvalue weighted by atomic mass is 16.2. The molecule has 3 heterocycles. The van der Waals surface area contributed by atoms with Gasteiger partial charge in [0.05, 0.1) is 0 Å². The molecule has 1 aromatic rings. The smallest absolute Gasteiger partial charge is 0.271 e. The molecule has 2 aliphatic heterocycles. The molecule has 86 valence electrons. The molecular formula is C11H16N4O. The van der Waals surface area contributed by atoms with Crippen molar-refractivity contribution < 1.29 is 4.79 Å². The van der Waals surface area contributed by atoms with Crippen LogP contribution in [0.25, 0.3) is 0 Å². The number of nitrogens with zero attached hydrogens (tertiary/aromatic N) is 2. The summed E-state index contributed by atoms with van der Waals surface area (Å²) in [7, 11) is 0. The second-order valence-corrected chi connectivity index (χ2v) is 4.62. The van der Waals surface area contributed by atoms with Crippen molar-refractivity contribution in [3.05, 3.63) is 18.0 Å². The summed E-state index contributed by atoms with van der Waals surface area (Å²) >= 11 is 0. The van der Waals surface area contributed by atoms with Gasteiger partial charge in [-0.05, 0) is 31.4 Å². The molecule has 5 nitrogen and oxygen atoms in total. The number of nitrogens with one attached hydrogen (secondary N) is 2. The van der Waals surface area contributed by atoms with Crippen LogP contribution in [0.2, 0.25) is 0 Å². The molecule has 2 aliphatic rings. The van der Waals surface area contributed by atoms with E-state index in [-0.39, 0.29) is 5.91 Å². The highest BCUT2D eigenvalue weighted by Crippen LogP contribution is 2.25. The van der Waals surface area contributed by atoms with Crippen LogP contribution in [0.5, 0.6) is 0 Å². The Bertz CT molecular complexity index is 375. The van der Waals surface area contributed by atoms with Gasteiger partial charge in [-0.2, -0.15) is 5.10 Å². The molecule has 2 atom stereocenters. The standard InChI is InChI=1S/C11H16N4O/c16-11(10-2-5-13-14-10)15-6-3-9-8(7-15)1-4-12-9/h2,5,8-9,12H,1,3-4,6-7H2,(H,13,14). The first-order valence-electron chi connectivity index (χ1n) is 5.86. The molecule has 0 aromatic carbocycles. The highest BCUT2D eigenvalue weighted by Gasteiger charge is 2.34. The van der Waals surface area contributed by atoms with Crippen molar-refractivity contribution in [3.63, 3.8) is 0 Å². The highest BCUT2D eigenvalue weighted by molar-refractivity contribution is 5.92. The molecule has 5 heteroatoms. The predicted octanol–water partition coefficient (Wildman–Crippen LogP) is 0.234. The first-order chi connectivity index (χ1) is 7.84. The van der Waals surface area contributed by atoms with E-state index in [9.17, 15) is 4.79 Å². The minimum Gasteiger partial charge on any atom is -0.337 e.